The van der Waals surface area contributed by atoms with Gasteiger partial charge in [0.15, 0.2) is 5.11 Å². The molecule has 0 atom stereocenters. The monoisotopic (exact) mass is 544 g/mol. The number of pyridine rings is 2. The standard InChI is InChI=1S/C25H32N6O4S2/c26-34-35-37-24-9-7-21(8-10-24)30-25(36)29-13-15-32-17-18-33-16-14-31(19-22-5-1-3-11-27-22)20-23-6-2-4-12-28-23/h1-12H,13-20,26H2,(H2,29,30,36). The number of hydrogen-bond acceptors (Lipinski definition) is 10. The third-order valence-electron chi connectivity index (χ3n) is 4.96. The summed E-state index contributed by atoms with van der Waals surface area (Å²) in [5.74, 6) is 4.83. The molecule has 0 saturated heterocycles. The van der Waals surface area contributed by atoms with Crippen LogP contribution in [0.25, 0.3) is 0 Å². The van der Waals surface area contributed by atoms with E-state index in [4.69, 9.17) is 27.6 Å². The van der Waals surface area contributed by atoms with Gasteiger partial charge >= 0.3 is 0 Å². The molecule has 2 heterocycles. The first-order chi connectivity index (χ1) is 18.2. The molecule has 10 nitrogen and oxygen atoms in total. The van der Waals surface area contributed by atoms with E-state index in [1.54, 1.807) is 0 Å². The highest BCUT2D eigenvalue weighted by Gasteiger charge is 2.09. The van der Waals surface area contributed by atoms with E-state index in [1.807, 2.05) is 73.1 Å². The molecule has 198 valence electrons. The lowest BCUT2D eigenvalue weighted by molar-refractivity contribution is -0.195. The van der Waals surface area contributed by atoms with Crippen molar-refractivity contribution in [2.24, 2.45) is 5.90 Å². The van der Waals surface area contributed by atoms with Crippen LogP contribution in [0.3, 0.4) is 0 Å². The quantitative estimate of drug-likeness (QED) is 0.0761. The van der Waals surface area contributed by atoms with Crippen LogP contribution in [-0.4, -0.2) is 59.5 Å². The van der Waals surface area contributed by atoms with Crippen molar-refractivity contribution in [1.29, 1.82) is 0 Å². The average Bonchev–Trinajstić information content (AvgIpc) is 2.93. The van der Waals surface area contributed by atoms with Crippen LogP contribution in [0.4, 0.5) is 5.69 Å². The average molecular weight is 545 g/mol. The number of hydrogen-bond donors (Lipinski definition) is 3. The molecule has 0 aliphatic carbocycles. The smallest absolute Gasteiger partial charge is 0.170 e. The molecule has 0 unspecified atom stereocenters. The van der Waals surface area contributed by atoms with Crippen molar-refractivity contribution in [1.82, 2.24) is 20.2 Å². The molecule has 0 amide bonds. The van der Waals surface area contributed by atoms with E-state index in [-0.39, 0.29) is 0 Å². The van der Waals surface area contributed by atoms with E-state index in [0.29, 0.717) is 38.1 Å². The second-order valence-corrected chi connectivity index (χ2v) is 8.91. The maximum atomic E-state index is 5.79. The molecule has 0 fully saturated rings. The molecule has 0 radical (unpaired) electrons. The lowest BCUT2D eigenvalue weighted by atomic mass is 10.3. The van der Waals surface area contributed by atoms with Gasteiger partial charge in [-0.1, -0.05) is 12.1 Å². The predicted octanol–water partition coefficient (Wildman–Crippen LogP) is 3.33. The Bertz CT molecular complexity index is 977. The molecule has 3 rings (SSSR count). The first-order valence-corrected chi connectivity index (χ1v) is 12.9. The molecule has 1 aromatic carbocycles. The van der Waals surface area contributed by atoms with E-state index < -0.39 is 0 Å². The van der Waals surface area contributed by atoms with Crippen molar-refractivity contribution >= 4 is 35.1 Å². The molecule has 4 N–H and O–H groups in total. The van der Waals surface area contributed by atoms with Crippen molar-refractivity contribution in [3.8, 4) is 0 Å². The second-order valence-electron chi connectivity index (χ2n) is 7.73. The summed E-state index contributed by atoms with van der Waals surface area (Å²) in [6.45, 7) is 4.96. The molecule has 2 aromatic heterocycles. The molecule has 0 aliphatic rings. The largest absolute Gasteiger partial charge is 0.378 e. The van der Waals surface area contributed by atoms with Gasteiger partial charge < -0.3 is 20.1 Å². The summed E-state index contributed by atoms with van der Waals surface area (Å²) in [5, 5.41) is 6.74. The number of nitrogens with two attached hydrogens (primary N) is 1. The Morgan fingerprint density at radius 2 is 1.51 bits per heavy atom. The first kappa shape index (κ1) is 28.9. The van der Waals surface area contributed by atoms with Crippen LogP contribution in [0.1, 0.15) is 11.4 Å². The van der Waals surface area contributed by atoms with Crippen LogP contribution in [0.2, 0.25) is 0 Å². The Morgan fingerprint density at radius 3 is 2.11 bits per heavy atom. The third kappa shape index (κ3) is 12.4. The van der Waals surface area contributed by atoms with Crippen LogP contribution in [0.15, 0.2) is 78.0 Å². The molecule has 12 heteroatoms. The lowest BCUT2D eigenvalue weighted by Gasteiger charge is -2.21. The highest BCUT2D eigenvalue weighted by atomic mass is 32.2. The number of benzene rings is 1. The van der Waals surface area contributed by atoms with Crippen molar-refractivity contribution in [2.45, 2.75) is 18.0 Å². The fraction of sp³-hybridized carbons (Fsp3) is 0.320. The zero-order valence-corrected chi connectivity index (χ0v) is 22.1. The van der Waals surface area contributed by atoms with Crippen LogP contribution in [0.5, 0.6) is 0 Å². The summed E-state index contributed by atoms with van der Waals surface area (Å²) < 4.78 is 16.0. The van der Waals surface area contributed by atoms with Crippen molar-refractivity contribution in [3.05, 3.63) is 84.4 Å². The van der Waals surface area contributed by atoms with Gasteiger partial charge in [-0.25, -0.2) is 0 Å². The molecular weight excluding hydrogens is 512 g/mol. The molecule has 37 heavy (non-hydrogen) atoms. The van der Waals surface area contributed by atoms with E-state index in [0.717, 1.165) is 53.6 Å². The predicted molar refractivity (Wildman–Crippen MR) is 147 cm³/mol. The van der Waals surface area contributed by atoms with Gasteiger partial charge in [0.2, 0.25) is 0 Å². The van der Waals surface area contributed by atoms with Crippen molar-refractivity contribution < 1.29 is 18.8 Å². The fourth-order valence-electron chi connectivity index (χ4n) is 3.24. The van der Waals surface area contributed by atoms with Gasteiger partial charge in [-0.2, -0.15) is 5.90 Å². The summed E-state index contributed by atoms with van der Waals surface area (Å²) in [6, 6.07) is 19.4. The minimum atomic E-state index is 0.510. The van der Waals surface area contributed by atoms with Crippen LogP contribution in [0, 0.1) is 0 Å². The molecular formula is C25H32N6O4S2. The summed E-state index contributed by atoms with van der Waals surface area (Å²) in [5.41, 5.74) is 2.89. The number of aromatic nitrogens is 2. The maximum Gasteiger partial charge on any atom is 0.170 e. The third-order valence-corrected chi connectivity index (χ3v) is 5.82. The fourth-order valence-corrected chi connectivity index (χ4v) is 3.82. The summed E-state index contributed by atoms with van der Waals surface area (Å²) in [4.78, 5) is 16.1. The van der Waals surface area contributed by atoms with E-state index in [2.05, 4.69) is 34.8 Å². The number of thiocarbonyl (C=S) groups is 1. The summed E-state index contributed by atoms with van der Waals surface area (Å²) in [7, 11) is 0. The maximum absolute atomic E-state index is 5.79. The Hall–Kier alpha value is -2.68. The Kier molecular flexibility index (Phi) is 13.8. The van der Waals surface area contributed by atoms with Gasteiger partial charge in [0.05, 0.1) is 49.9 Å². The number of anilines is 1. The van der Waals surface area contributed by atoms with E-state index >= 15 is 0 Å². The Morgan fingerprint density at radius 1 is 0.865 bits per heavy atom. The number of ether oxygens (including phenoxy) is 2. The van der Waals surface area contributed by atoms with Crippen LogP contribution < -0.4 is 16.5 Å². The number of nitrogens with zero attached hydrogens (tertiary/aromatic N) is 3. The zero-order valence-electron chi connectivity index (χ0n) is 20.5. The van der Waals surface area contributed by atoms with Gasteiger partial charge in [0.1, 0.15) is 0 Å². The number of nitrogens with one attached hydrogen (secondary N) is 2. The zero-order chi connectivity index (χ0) is 26.0. The minimum absolute atomic E-state index is 0.510. The Balaban J connectivity index is 1.24. The van der Waals surface area contributed by atoms with Gasteiger partial charge in [-0.05, 0) is 60.7 Å². The molecule has 0 bridgehead atoms. The lowest BCUT2D eigenvalue weighted by Crippen LogP contribution is -2.31. The van der Waals surface area contributed by atoms with Gasteiger partial charge in [-0.3, -0.25) is 14.9 Å². The van der Waals surface area contributed by atoms with Crippen LogP contribution in [-0.2, 0) is 31.9 Å². The molecule has 0 saturated carbocycles. The van der Waals surface area contributed by atoms with Crippen molar-refractivity contribution in [3.63, 3.8) is 0 Å². The summed E-state index contributed by atoms with van der Waals surface area (Å²) in [6.07, 6.45) is 3.63. The first-order valence-electron chi connectivity index (χ1n) is 11.8. The molecule has 0 spiro atoms. The SMILES string of the molecule is NOOSc1ccc(NC(=S)NCCOCCOCCN(Cc2ccccn2)Cc2ccccn2)cc1. The highest BCUT2D eigenvalue weighted by Crippen LogP contribution is 2.20. The minimum Gasteiger partial charge on any atom is -0.378 e. The van der Waals surface area contributed by atoms with Gasteiger partial charge in [0, 0.05) is 49.2 Å². The normalized spacial score (nSPS) is 11.0. The van der Waals surface area contributed by atoms with E-state index in [1.165, 1.54) is 0 Å². The van der Waals surface area contributed by atoms with Crippen molar-refractivity contribution in [2.75, 3.05) is 44.8 Å². The number of rotatable bonds is 17. The molecule has 0 aliphatic heterocycles. The summed E-state index contributed by atoms with van der Waals surface area (Å²) >= 11 is 6.33. The topological polar surface area (TPSA) is 116 Å². The highest BCUT2D eigenvalue weighted by molar-refractivity contribution is 7.94. The second kappa shape index (κ2) is 17.7. The van der Waals surface area contributed by atoms with Gasteiger partial charge in [0.25, 0.3) is 0 Å². The van der Waals surface area contributed by atoms with E-state index in [9.17, 15) is 0 Å². The van der Waals surface area contributed by atoms with Crippen LogP contribution >= 0.6 is 24.3 Å². The Labute approximate surface area is 226 Å². The molecule has 3 aromatic rings. The van der Waals surface area contributed by atoms with Gasteiger partial charge in [-0.15, -0.1) is 9.32 Å².